The summed E-state index contributed by atoms with van der Waals surface area (Å²) < 4.78 is 0. The van der Waals surface area contributed by atoms with E-state index in [1.54, 1.807) is 6.92 Å². The molecule has 0 radical (unpaired) electrons. The second kappa shape index (κ2) is 5.12. The predicted molar refractivity (Wildman–Crippen MR) is 71.9 cm³/mol. The van der Waals surface area contributed by atoms with E-state index in [9.17, 15) is 4.79 Å². The Kier molecular flexibility index (Phi) is 3.95. The van der Waals surface area contributed by atoms with E-state index < -0.39 is 0 Å². The average Bonchev–Trinajstić information content (AvgIpc) is 2.83. The molecule has 0 bridgehead atoms. The van der Waals surface area contributed by atoms with Crippen molar-refractivity contribution in [3.8, 4) is 0 Å². The molecule has 2 aliphatic rings. The summed E-state index contributed by atoms with van der Waals surface area (Å²) in [7, 11) is 0. The first-order valence-electron chi connectivity index (χ1n) is 7.52. The standard InChI is InChI=1S/C16H28O/c1-12(17)13-8-10-15(11-9-13)16(2,3)14-6-4-5-7-14/h13-15H,4-11H2,1-3H3/t13-,15-. The SMILES string of the molecule is CC(=O)[C@H]1CC[C@H](C(C)(C)C2CCCC2)CC1. The Hall–Kier alpha value is -0.330. The molecular formula is C16H28O. The summed E-state index contributed by atoms with van der Waals surface area (Å²) in [5.74, 6) is 2.61. The van der Waals surface area contributed by atoms with Crippen LogP contribution in [-0.2, 0) is 4.79 Å². The van der Waals surface area contributed by atoms with Gasteiger partial charge >= 0.3 is 0 Å². The van der Waals surface area contributed by atoms with Crippen LogP contribution in [0.25, 0.3) is 0 Å². The number of hydrogen-bond acceptors (Lipinski definition) is 1. The van der Waals surface area contributed by atoms with Gasteiger partial charge in [0, 0.05) is 5.92 Å². The molecule has 17 heavy (non-hydrogen) atoms. The Morgan fingerprint density at radius 3 is 1.82 bits per heavy atom. The molecule has 1 nitrogen and oxygen atoms in total. The molecule has 0 heterocycles. The molecule has 2 saturated carbocycles. The molecular weight excluding hydrogens is 208 g/mol. The maximum Gasteiger partial charge on any atom is 0.132 e. The molecule has 0 aromatic carbocycles. The van der Waals surface area contributed by atoms with Gasteiger partial charge in [-0.1, -0.05) is 26.7 Å². The summed E-state index contributed by atoms with van der Waals surface area (Å²) >= 11 is 0. The van der Waals surface area contributed by atoms with Crippen molar-refractivity contribution in [3.05, 3.63) is 0 Å². The van der Waals surface area contributed by atoms with Gasteiger partial charge in [0.25, 0.3) is 0 Å². The topological polar surface area (TPSA) is 17.1 Å². The molecule has 2 aliphatic carbocycles. The minimum Gasteiger partial charge on any atom is -0.300 e. The molecule has 0 amide bonds. The first kappa shape index (κ1) is 13.1. The maximum atomic E-state index is 11.4. The van der Waals surface area contributed by atoms with Crippen LogP contribution in [0.5, 0.6) is 0 Å². The molecule has 2 rings (SSSR count). The second-order valence-electron chi connectivity index (χ2n) is 6.96. The van der Waals surface area contributed by atoms with Crippen LogP contribution in [0, 0.1) is 23.2 Å². The Balaban J connectivity index is 1.92. The van der Waals surface area contributed by atoms with E-state index in [2.05, 4.69) is 13.8 Å². The fourth-order valence-electron chi connectivity index (χ4n) is 4.25. The van der Waals surface area contributed by atoms with Crippen LogP contribution in [0.4, 0.5) is 0 Å². The minimum absolute atomic E-state index is 0.380. The molecule has 1 heteroatoms. The summed E-state index contributed by atoms with van der Waals surface area (Å²) in [5.41, 5.74) is 0.512. The van der Waals surface area contributed by atoms with E-state index in [1.165, 1.54) is 38.5 Å². The van der Waals surface area contributed by atoms with Crippen LogP contribution in [0.1, 0.15) is 72.1 Å². The lowest BCUT2D eigenvalue weighted by molar-refractivity contribution is -0.122. The number of Topliss-reactive ketones (excluding diaryl/α,β-unsaturated/α-hetero) is 1. The van der Waals surface area contributed by atoms with E-state index in [1.807, 2.05) is 0 Å². The van der Waals surface area contributed by atoms with Crippen LogP contribution < -0.4 is 0 Å². The third kappa shape index (κ3) is 2.74. The fraction of sp³-hybridized carbons (Fsp3) is 0.938. The molecule has 0 aliphatic heterocycles. The van der Waals surface area contributed by atoms with Crippen molar-refractivity contribution in [3.63, 3.8) is 0 Å². The van der Waals surface area contributed by atoms with Crippen LogP contribution in [-0.4, -0.2) is 5.78 Å². The summed E-state index contributed by atoms with van der Waals surface area (Å²) in [6.45, 7) is 6.75. The summed E-state index contributed by atoms with van der Waals surface area (Å²) in [5, 5.41) is 0. The predicted octanol–water partition coefficient (Wildman–Crippen LogP) is 4.60. The number of hydrogen-bond donors (Lipinski definition) is 0. The van der Waals surface area contributed by atoms with Gasteiger partial charge in [0.1, 0.15) is 5.78 Å². The molecule has 0 aromatic rings. The highest BCUT2D eigenvalue weighted by Crippen LogP contribution is 2.49. The Morgan fingerprint density at radius 1 is 0.882 bits per heavy atom. The van der Waals surface area contributed by atoms with Gasteiger partial charge in [-0.15, -0.1) is 0 Å². The smallest absolute Gasteiger partial charge is 0.132 e. The van der Waals surface area contributed by atoms with Crippen molar-refractivity contribution in [2.45, 2.75) is 72.1 Å². The van der Waals surface area contributed by atoms with E-state index in [0.717, 1.165) is 24.7 Å². The number of rotatable bonds is 3. The monoisotopic (exact) mass is 236 g/mol. The van der Waals surface area contributed by atoms with Gasteiger partial charge in [0.05, 0.1) is 0 Å². The second-order valence-corrected chi connectivity index (χ2v) is 6.96. The van der Waals surface area contributed by atoms with Crippen LogP contribution in [0.15, 0.2) is 0 Å². The summed E-state index contributed by atoms with van der Waals surface area (Å²) in [6, 6.07) is 0. The van der Waals surface area contributed by atoms with Gasteiger partial charge < -0.3 is 0 Å². The highest BCUT2D eigenvalue weighted by atomic mass is 16.1. The lowest BCUT2D eigenvalue weighted by atomic mass is 9.62. The van der Waals surface area contributed by atoms with Gasteiger partial charge in [0.2, 0.25) is 0 Å². The Labute approximate surface area is 106 Å². The summed E-state index contributed by atoms with van der Waals surface area (Å²) in [6.07, 6.45) is 10.6. The van der Waals surface area contributed by atoms with Crippen molar-refractivity contribution >= 4 is 5.78 Å². The van der Waals surface area contributed by atoms with Gasteiger partial charge in [-0.05, 0) is 62.7 Å². The van der Waals surface area contributed by atoms with Crippen molar-refractivity contribution in [2.24, 2.45) is 23.2 Å². The summed E-state index contributed by atoms with van der Waals surface area (Å²) in [4.78, 5) is 11.4. The third-order valence-corrected chi connectivity index (χ3v) is 5.76. The quantitative estimate of drug-likeness (QED) is 0.700. The fourth-order valence-corrected chi connectivity index (χ4v) is 4.25. The van der Waals surface area contributed by atoms with Gasteiger partial charge in [-0.2, -0.15) is 0 Å². The highest BCUT2D eigenvalue weighted by Gasteiger charge is 2.40. The normalized spacial score (nSPS) is 31.7. The molecule has 0 N–H and O–H groups in total. The van der Waals surface area contributed by atoms with Crippen molar-refractivity contribution in [2.75, 3.05) is 0 Å². The Bertz CT molecular complexity index is 265. The molecule has 0 aromatic heterocycles. The number of ketones is 1. The van der Waals surface area contributed by atoms with Crippen molar-refractivity contribution in [1.82, 2.24) is 0 Å². The number of carbonyl (C=O) groups excluding carboxylic acids is 1. The first-order valence-corrected chi connectivity index (χ1v) is 7.52. The molecule has 98 valence electrons. The first-order chi connectivity index (χ1) is 8.01. The Morgan fingerprint density at radius 2 is 1.35 bits per heavy atom. The molecule has 0 atom stereocenters. The lowest BCUT2D eigenvalue weighted by Gasteiger charge is -2.43. The van der Waals surface area contributed by atoms with Crippen molar-refractivity contribution in [1.29, 1.82) is 0 Å². The zero-order valence-corrected chi connectivity index (χ0v) is 11.8. The number of carbonyl (C=O) groups is 1. The van der Waals surface area contributed by atoms with E-state index >= 15 is 0 Å². The molecule has 0 saturated heterocycles. The van der Waals surface area contributed by atoms with Crippen molar-refractivity contribution < 1.29 is 4.79 Å². The van der Waals surface area contributed by atoms with Crippen LogP contribution >= 0.6 is 0 Å². The van der Waals surface area contributed by atoms with Gasteiger partial charge in [-0.3, -0.25) is 4.79 Å². The zero-order valence-electron chi connectivity index (χ0n) is 11.8. The maximum absolute atomic E-state index is 11.4. The molecule has 0 spiro atoms. The molecule has 2 fully saturated rings. The zero-order chi connectivity index (χ0) is 12.5. The highest BCUT2D eigenvalue weighted by molar-refractivity contribution is 5.78. The average molecular weight is 236 g/mol. The largest absolute Gasteiger partial charge is 0.300 e. The van der Waals surface area contributed by atoms with Gasteiger partial charge in [0.15, 0.2) is 0 Å². The van der Waals surface area contributed by atoms with Gasteiger partial charge in [-0.25, -0.2) is 0 Å². The van der Waals surface area contributed by atoms with E-state index in [4.69, 9.17) is 0 Å². The lowest BCUT2D eigenvalue weighted by Crippen LogP contribution is -2.35. The van der Waals surface area contributed by atoms with E-state index in [-0.39, 0.29) is 0 Å². The third-order valence-electron chi connectivity index (χ3n) is 5.76. The minimum atomic E-state index is 0.380. The van der Waals surface area contributed by atoms with Crippen LogP contribution in [0.3, 0.4) is 0 Å². The van der Waals surface area contributed by atoms with Crippen LogP contribution in [0.2, 0.25) is 0 Å². The molecule has 0 unspecified atom stereocenters. The van der Waals surface area contributed by atoms with E-state index in [0.29, 0.717) is 17.1 Å².